The highest BCUT2D eigenvalue weighted by Crippen LogP contribution is 2.21. The van der Waals surface area contributed by atoms with E-state index >= 15 is 0 Å². The molecule has 76 valence electrons. The van der Waals surface area contributed by atoms with Gasteiger partial charge in [-0.15, -0.1) is 0 Å². The number of nitrogens with zero attached hydrogens (tertiary/aromatic N) is 4. The summed E-state index contributed by atoms with van der Waals surface area (Å²) in [5.41, 5.74) is 2.90. The number of hydrogen-bond donors (Lipinski definition) is 0. The van der Waals surface area contributed by atoms with Crippen molar-refractivity contribution in [3.63, 3.8) is 0 Å². The average Bonchev–Trinajstić information content (AvgIpc) is 2.78. The maximum atomic E-state index is 8.85. The van der Waals surface area contributed by atoms with Crippen molar-refractivity contribution in [1.29, 1.82) is 5.26 Å². The fourth-order valence-corrected chi connectivity index (χ4v) is 1.91. The van der Waals surface area contributed by atoms with Gasteiger partial charge in [-0.05, 0) is 18.2 Å². The van der Waals surface area contributed by atoms with Crippen LogP contribution in [0.25, 0.3) is 16.6 Å². The summed E-state index contributed by atoms with van der Waals surface area (Å²) >= 11 is 6.01. The maximum Gasteiger partial charge on any atom is 0.155 e. The molecule has 0 atom stereocenters. The van der Waals surface area contributed by atoms with Crippen LogP contribution in [-0.2, 0) is 0 Å². The van der Waals surface area contributed by atoms with Crippen molar-refractivity contribution >= 4 is 28.2 Å². The summed E-state index contributed by atoms with van der Waals surface area (Å²) in [5.74, 6) is 0. The van der Waals surface area contributed by atoms with Crippen LogP contribution in [0, 0.1) is 11.3 Å². The maximum absolute atomic E-state index is 8.85. The third-order valence-electron chi connectivity index (χ3n) is 2.43. The average molecular weight is 229 g/mol. The van der Waals surface area contributed by atoms with Crippen LogP contribution in [0.2, 0.25) is 5.15 Å². The number of hydrogen-bond acceptors (Lipinski definition) is 3. The molecule has 0 saturated carbocycles. The highest BCUT2D eigenvalue weighted by molar-refractivity contribution is 6.33. The molecule has 0 aliphatic rings. The van der Waals surface area contributed by atoms with Gasteiger partial charge in [0.2, 0.25) is 0 Å². The third-order valence-corrected chi connectivity index (χ3v) is 2.71. The number of fused-ring (bicyclic) bond motifs is 3. The molecule has 5 heteroatoms. The van der Waals surface area contributed by atoms with Gasteiger partial charge in [0, 0.05) is 0 Å². The summed E-state index contributed by atoms with van der Waals surface area (Å²) in [7, 11) is 0. The number of nitriles is 1. The Morgan fingerprint density at radius 2 is 2.19 bits per heavy atom. The van der Waals surface area contributed by atoms with Gasteiger partial charge in [0.1, 0.15) is 5.52 Å². The monoisotopic (exact) mass is 228 g/mol. The lowest BCUT2D eigenvalue weighted by atomic mass is 10.2. The predicted octanol–water partition coefficient (Wildman–Crippen LogP) is 2.41. The molecule has 3 aromatic rings. The summed E-state index contributed by atoms with van der Waals surface area (Å²) in [5, 5.41) is 9.26. The molecule has 0 bridgehead atoms. The second-order valence-corrected chi connectivity index (χ2v) is 3.72. The molecule has 2 aromatic heterocycles. The molecule has 4 nitrogen and oxygen atoms in total. The first-order chi connectivity index (χ1) is 7.79. The molecule has 16 heavy (non-hydrogen) atoms. The number of imidazole rings is 1. The van der Waals surface area contributed by atoms with E-state index in [9.17, 15) is 0 Å². The van der Waals surface area contributed by atoms with Crippen LogP contribution < -0.4 is 0 Å². The van der Waals surface area contributed by atoms with E-state index in [-0.39, 0.29) is 0 Å². The van der Waals surface area contributed by atoms with Gasteiger partial charge in [-0.25, -0.2) is 9.97 Å². The van der Waals surface area contributed by atoms with Crippen molar-refractivity contribution < 1.29 is 0 Å². The summed E-state index contributed by atoms with van der Waals surface area (Å²) < 4.78 is 1.82. The molecule has 0 fully saturated rings. The molecule has 0 radical (unpaired) electrons. The Hall–Kier alpha value is -2.12. The van der Waals surface area contributed by atoms with Crippen molar-refractivity contribution in [2.24, 2.45) is 0 Å². The van der Waals surface area contributed by atoms with Crippen LogP contribution in [-0.4, -0.2) is 14.4 Å². The number of halogens is 1. The Morgan fingerprint density at radius 1 is 1.31 bits per heavy atom. The van der Waals surface area contributed by atoms with E-state index in [0.29, 0.717) is 10.7 Å². The van der Waals surface area contributed by atoms with E-state index in [4.69, 9.17) is 16.9 Å². The van der Waals surface area contributed by atoms with Gasteiger partial charge < -0.3 is 0 Å². The molecular weight excluding hydrogens is 224 g/mol. The smallest absolute Gasteiger partial charge is 0.155 e. The molecule has 0 aliphatic heterocycles. The largest absolute Gasteiger partial charge is 0.294 e. The minimum Gasteiger partial charge on any atom is -0.294 e. The zero-order valence-corrected chi connectivity index (χ0v) is 8.81. The quantitative estimate of drug-likeness (QED) is 0.594. The zero-order chi connectivity index (χ0) is 11.1. The lowest BCUT2D eigenvalue weighted by Crippen LogP contribution is -1.91. The lowest BCUT2D eigenvalue weighted by Gasteiger charge is -2.03. The van der Waals surface area contributed by atoms with Gasteiger partial charge in [-0.1, -0.05) is 11.6 Å². The van der Waals surface area contributed by atoms with Crippen LogP contribution in [0.15, 0.2) is 30.7 Å². The van der Waals surface area contributed by atoms with Gasteiger partial charge in [-0.3, -0.25) is 4.40 Å². The molecule has 1 aromatic carbocycles. The number of aromatic nitrogens is 3. The Bertz CT molecular complexity index is 739. The predicted molar refractivity (Wildman–Crippen MR) is 60.2 cm³/mol. The van der Waals surface area contributed by atoms with E-state index in [1.807, 2.05) is 4.40 Å². The minimum absolute atomic E-state index is 0.412. The number of rotatable bonds is 0. The molecule has 0 N–H and O–H groups in total. The first kappa shape index (κ1) is 9.13. The van der Waals surface area contributed by atoms with Crippen molar-refractivity contribution in [2.45, 2.75) is 0 Å². The van der Waals surface area contributed by atoms with Crippen LogP contribution in [0.3, 0.4) is 0 Å². The summed E-state index contributed by atoms with van der Waals surface area (Å²) in [6, 6.07) is 7.36. The van der Waals surface area contributed by atoms with Gasteiger partial charge >= 0.3 is 0 Å². The summed E-state index contributed by atoms with van der Waals surface area (Å²) in [6.07, 6.45) is 3.31. The highest BCUT2D eigenvalue weighted by Gasteiger charge is 2.07. The molecular formula is C11H5ClN4. The van der Waals surface area contributed by atoms with Crippen molar-refractivity contribution in [3.8, 4) is 6.07 Å². The fourth-order valence-electron chi connectivity index (χ4n) is 1.68. The van der Waals surface area contributed by atoms with E-state index in [0.717, 1.165) is 16.6 Å². The van der Waals surface area contributed by atoms with Crippen molar-refractivity contribution in [1.82, 2.24) is 14.4 Å². The van der Waals surface area contributed by atoms with Crippen LogP contribution >= 0.6 is 11.6 Å². The van der Waals surface area contributed by atoms with Gasteiger partial charge in [0.05, 0.1) is 35.2 Å². The first-order valence-corrected chi connectivity index (χ1v) is 4.99. The number of benzene rings is 1. The molecule has 2 heterocycles. The van der Waals surface area contributed by atoms with E-state index < -0.39 is 0 Å². The van der Waals surface area contributed by atoms with Gasteiger partial charge in [0.15, 0.2) is 5.15 Å². The zero-order valence-electron chi connectivity index (χ0n) is 8.05. The molecule has 0 aliphatic carbocycles. The normalized spacial score (nSPS) is 10.8. The Morgan fingerprint density at radius 3 is 3.00 bits per heavy atom. The van der Waals surface area contributed by atoms with Crippen LogP contribution in [0.1, 0.15) is 5.56 Å². The van der Waals surface area contributed by atoms with E-state index in [1.54, 1.807) is 30.7 Å². The van der Waals surface area contributed by atoms with Crippen LogP contribution in [0.5, 0.6) is 0 Å². The molecule has 0 amide bonds. The second kappa shape index (κ2) is 3.19. The Labute approximate surface area is 95.7 Å². The summed E-state index contributed by atoms with van der Waals surface area (Å²) in [6.45, 7) is 0. The Balaban J connectivity index is 2.56. The highest BCUT2D eigenvalue weighted by atomic mass is 35.5. The molecule has 0 saturated heterocycles. The topological polar surface area (TPSA) is 54.0 Å². The van der Waals surface area contributed by atoms with E-state index in [1.165, 1.54) is 0 Å². The second-order valence-electron chi connectivity index (χ2n) is 3.37. The molecule has 3 rings (SSSR count). The van der Waals surface area contributed by atoms with Gasteiger partial charge in [-0.2, -0.15) is 5.26 Å². The lowest BCUT2D eigenvalue weighted by molar-refractivity contribution is 1.19. The summed E-state index contributed by atoms with van der Waals surface area (Å²) in [4.78, 5) is 8.27. The van der Waals surface area contributed by atoms with Crippen LogP contribution in [0.4, 0.5) is 0 Å². The molecule has 0 spiro atoms. The van der Waals surface area contributed by atoms with Crippen molar-refractivity contribution in [2.75, 3.05) is 0 Å². The standard InChI is InChI=1S/C11H5ClN4/c12-11-10-5-14-6-16(10)9-3-7(4-13)1-2-8(9)15-11/h1-3,5-6H. The fraction of sp³-hybridized carbons (Fsp3) is 0. The first-order valence-electron chi connectivity index (χ1n) is 4.61. The van der Waals surface area contributed by atoms with Gasteiger partial charge in [0.25, 0.3) is 0 Å². The van der Waals surface area contributed by atoms with E-state index in [2.05, 4.69) is 16.0 Å². The third kappa shape index (κ3) is 1.16. The Kier molecular flexibility index (Phi) is 1.82. The molecule has 0 unspecified atom stereocenters. The minimum atomic E-state index is 0.412. The van der Waals surface area contributed by atoms with Crippen molar-refractivity contribution in [3.05, 3.63) is 41.4 Å². The SMILES string of the molecule is N#Cc1ccc2nc(Cl)c3cncn3c2c1.